The first-order valence-corrected chi connectivity index (χ1v) is 7.64. The van der Waals surface area contributed by atoms with E-state index in [1.807, 2.05) is 5.38 Å². The maximum Gasteiger partial charge on any atom is 0.228 e. The van der Waals surface area contributed by atoms with Gasteiger partial charge < -0.3 is 15.4 Å². The Morgan fingerprint density at radius 2 is 2.45 bits per heavy atom. The van der Waals surface area contributed by atoms with Crippen LogP contribution >= 0.6 is 11.3 Å². The first-order valence-electron chi connectivity index (χ1n) is 6.76. The van der Waals surface area contributed by atoms with Crippen LogP contribution in [0.5, 0.6) is 0 Å². The maximum atomic E-state index is 11.6. The Morgan fingerprint density at radius 1 is 1.65 bits per heavy atom. The fourth-order valence-corrected chi connectivity index (χ4v) is 2.86. The Hall–Kier alpha value is -1.02. The van der Waals surface area contributed by atoms with Crippen molar-refractivity contribution in [2.45, 2.75) is 19.1 Å². The van der Waals surface area contributed by atoms with Gasteiger partial charge in [-0.3, -0.25) is 9.69 Å². The molecule has 0 bridgehead atoms. The topological polar surface area (TPSA) is 71.7 Å². The number of aromatic nitrogens is 1. The number of carbonyl (C=O) groups excluding carboxylic acids is 1. The number of amides is 1. The molecule has 0 aliphatic carbocycles. The van der Waals surface area contributed by atoms with Crippen LogP contribution in [0, 0.1) is 0 Å². The fourth-order valence-electron chi connectivity index (χ4n) is 2.09. The minimum Gasteiger partial charge on any atom is -0.374 e. The van der Waals surface area contributed by atoms with Crippen molar-refractivity contribution in [2.24, 2.45) is 5.73 Å². The van der Waals surface area contributed by atoms with Gasteiger partial charge in [0.05, 0.1) is 24.8 Å². The molecule has 2 N–H and O–H groups in total. The third-order valence-electron chi connectivity index (χ3n) is 3.27. The molecule has 0 spiro atoms. The van der Waals surface area contributed by atoms with Gasteiger partial charge >= 0.3 is 0 Å². The van der Waals surface area contributed by atoms with Crippen LogP contribution in [0.1, 0.15) is 10.7 Å². The average Bonchev–Trinajstić information content (AvgIpc) is 2.86. The Labute approximate surface area is 123 Å². The van der Waals surface area contributed by atoms with Gasteiger partial charge in [0.15, 0.2) is 0 Å². The van der Waals surface area contributed by atoms with Gasteiger partial charge in [0.1, 0.15) is 5.01 Å². The molecule has 0 saturated carbocycles. The third kappa shape index (κ3) is 4.24. The summed E-state index contributed by atoms with van der Waals surface area (Å²) in [6, 6.07) is 0. The predicted molar refractivity (Wildman–Crippen MR) is 78.6 cm³/mol. The minimum atomic E-state index is 0.0838. The van der Waals surface area contributed by atoms with E-state index in [1.54, 1.807) is 30.3 Å². The van der Waals surface area contributed by atoms with E-state index in [0.717, 1.165) is 36.9 Å². The highest BCUT2D eigenvalue weighted by Crippen LogP contribution is 2.15. The molecule has 1 aromatic rings. The first kappa shape index (κ1) is 15.4. The maximum absolute atomic E-state index is 11.6. The molecular weight excluding hydrogens is 276 g/mol. The summed E-state index contributed by atoms with van der Waals surface area (Å²) in [5.74, 6) is 0.0838. The van der Waals surface area contributed by atoms with Crippen LogP contribution in [0.25, 0.3) is 0 Å². The quantitative estimate of drug-likeness (QED) is 0.824. The number of likely N-dealkylation sites (N-methyl/N-ethyl adjacent to an activating group) is 1. The number of nitrogens with two attached hydrogens (primary N) is 1. The summed E-state index contributed by atoms with van der Waals surface area (Å²) in [5, 5.41) is 2.91. The number of ether oxygens (including phenoxy) is 1. The number of thiazole rings is 1. The van der Waals surface area contributed by atoms with Crippen LogP contribution in [0.15, 0.2) is 5.38 Å². The van der Waals surface area contributed by atoms with E-state index < -0.39 is 0 Å². The second-order valence-electron chi connectivity index (χ2n) is 5.16. The van der Waals surface area contributed by atoms with Crippen LogP contribution in [0.3, 0.4) is 0 Å². The van der Waals surface area contributed by atoms with E-state index in [1.165, 1.54) is 0 Å². The molecule has 1 aliphatic rings. The zero-order valence-electron chi connectivity index (χ0n) is 12.0. The molecule has 0 aromatic carbocycles. The number of rotatable bonds is 5. The second kappa shape index (κ2) is 7.12. The normalized spacial score (nSPS) is 20.1. The lowest BCUT2D eigenvalue weighted by Crippen LogP contribution is -2.45. The number of morpholine rings is 1. The molecule has 2 rings (SSSR count). The molecule has 20 heavy (non-hydrogen) atoms. The van der Waals surface area contributed by atoms with Gasteiger partial charge in [-0.05, 0) is 0 Å². The number of hydrogen-bond acceptors (Lipinski definition) is 6. The Balaban J connectivity index is 1.87. The Bertz CT molecular complexity index is 449. The van der Waals surface area contributed by atoms with Crippen LogP contribution in [-0.2, 0) is 22.5 Å². The van der Waals surface area contributed by atoms with Gasteiger partial charge in [0.2, 0.25) is 5.91 Å². The standard InChI is InChI=1S/C13H22N4O2S/c1-16(2)13(18)5-12-15-10(9-20-12)7-17-3-4-19-11(6-14)8-17/h9,11H,3-8,14H2,1-2H3. The Morgan fingerprint density at radius 3 is 3.15 bits per heavy atom. The van der Waals surface area contributed by atoms with E-state index in [9.17, 15) is 4.79 Å². The molecule has 112 valence electrons. The lowest BCUT2D eigenvalue weighted by molar-refractivity contribution is -0.127. The fraction of sp³-hybridized carbons (Fsp3) is 0.692. The van der Waals surface area contributed by atoms with Crippen molar-refractivity contribution in [1.29, 1.82) is 0 Å². The molecule has 1 aromatic heterocycles. The van der Waals surface area contributed by atoms with E-state index in [-0.39, 0.29) is 12.0 Å². The molecule has 6 nitrogen and oxygen atoms in total. The molecule has 1 atom stereocenters. The summed E-state index contributed by atoms with van der Waals surface area (Å²) in [4.78, 5) is 20.1. The highest BCUT2D eigenvalue weighted by Gasteiger charge is 2.20. The van der Waals surface area contributed by atoms with Gasteiger partial charge in [-0.25, -0.2) is 4.98 Å². The second-order valence-corrected chi connectivity index (χ2v) is 6.10. The van der Waals surface area contributed by atoms with E-state index in [4.69, 9.17) is 10.5 Å². The van der Waals surface area contributed by atoms with Crippen molar-refractivity contribution in [1.82, 2.24) is 14.8 Å². The van der Waals surface area contributed by atoms with Gasteiger partial charge in [-0.2, -0.15) is 0 Å². The monoisotopic (exact) mass is 298 g/mol. The zero-order chi connectivity index (χ0) is 14.5. The van der Waals surface area contributed by atoms with E-state index >= 15 is 0 Å². The van der Waals surface area contributed by atoms with Crippen LogP contribution in [0.2, 0.25) is 0 Å². The molecule has 1 fully saturated rings. The minimum absolute atomic E-state index is 0.0838. The summed E-state index contributed by atoms with van der Waals surface area (Å²) in [5.41, 5.74) is 6.66. The highest BCUT2D eigenvalue weighted by molar-refractivity contribution is 7.09. The van der Waals surface area contributed by atoms with Crippen LogP contribution < -0.4 is 5.73 Å². The van der Waals surface area contributed by atoms with Gasteiger partial charge in [-0.1, -0.05) is 0 Å². The van der Waals surface area contributed by atoms with Crippen molar-refractivity contribution < 1.29 is 9.53 Å². The predicted octanol–water partition coefficient (Wildman–Crippen LogP) is -0.0667. The third-order valence-corrected chi connectivity index (χ3v) is 4.17. The molecular formula is C13H22N4O2S. The Kier molecular flexibility index (Phi) is 5.47. The van der Waals surface area contributed by atoms with E-state index in [2.05, 4.69) is 9.88 Å². The molecule has 1 aliphatic heterocycles. The summed E-state index contributed by atoms with van der Waals surface area (Å²) in [6.45, 7) is 3.82. The van der Waals surface area contributed by atoms with Crippen LogP contribution in [0.4, 0.5) is 0 Å². The molecule has 0 radical (unpaired) electrons. The largest absolute Gasteiger partial charge is 0.374 e. The highest BCUT2D eigenvalue weighted by atomic mass is 32.1. The van der Waals surface area contributed by atoms with Crippen molar-refractivity contribution in [3.05, 3.63) is 16.1 Å². The number of hydrogen-bond donors (Lipinski definition) is 1. The summed E-state index contributed by atoms with van der Waals surface area (Å²) in [6.07, 6.45) is 0.504. The van der Waals surface area contributed by atoms with Crippen LogP contribution in [-0.4, -0.2) is 67.1 Å². The lowest BCUT2D eigenvalue weighted by atomic mass is 10.2. The zero-order valence-corrected chi connectivity index (χ0v) is 12.9. The van der Waals surface area contributed by atoms with Crippen molar-refractivity contribution in [3.8, 4) is 0 Å². The van der Waals surface area contributed by atoms with Crippen molar-refractivity contribution in [2.75, 3.05) is 40.3 Å². The molecule has 1 unspecified atom stereocenters. The smallest absolute Gasteiger partial charge is 0.228 e. The summed E-state index contributed by atoms with van der Waals surface area (Å²) < 4.78 is 5.54. The molecule has 1 amide bonds. The van der Waals surface area contributed by atoms with Gasteiger partial charge in [0, 0.05) is 45.7 Å². The first-order chi connectivity index (χ1) is 9.58. The number of carbonyl (C=O) groups is 1. The number of nitrogens with zero attached hydrogens (tertiary/aromatic N) is 3. The summed E-state index contributed by atoms with van der Waals surface area (Å²) in [7, 11) is 3.52. The summed E-state index contributed by atoms with van der Waals surface area (Å²) >= 11 is 1.55. The molecule has 7 heteroatoms. The molecule has 1 saturated heterocycles. The SMILES string of the molecule is CN(C)C(=O)Cc1nc(CN2CCOC(CN)C2)cs1. The van der Waals surface area contributed by atoms with Gasteiger partial charge in [0.25, 0.3) is 0 Å². The molecule has 2 heterocycles. The van der Waals surface area contributed by atoms with Crippen molar-refractivity contribution in [3.63, 3.8) is 0 Å². The van der Waals surface area contributed by atoms with Crippen molar-refractivity contribution >= 4 is 17.2 Å². The average molecular weight is 298 g/mol. The van der Waals surface area contributed by atoms with E-state index in [0.29, 0.717) is 13.0 Å². The van der Waals surface area contributed by atoms with Gasteiger partial charge in [-0.15, -0.1) is 11.3 Å². The lowest BCUT2D eigenvalue weighted by Gasteiger charge is -2.31.